The summed E-state index contributed by atoms with van der Waals surface area (Å²) in [5.74, 6) is 0.661. The quantitative estimate of drug-likeness (QED) is 0.554. The predicted molar refractivity (Wildman–Crippen MR) is 107 cm³/mol. The average Bonchev–Trinajstić information content (AvgIpc) is 2.65. The lowest BCUT2D eigenvalue weighted by atomic mass is 10.1. The topological polar surface area (TPSA) is 41.6 Å². The Hall–Kier alpha value is -2.85. The van der Waals surface area contributed by atoms with Crippen LogP contribution in [-0.4, -0.2) is 38.1 Å². The lowest BCUT2D eigenvalue weighted by molar-refractivity contribution is -0.117. The number of carbonyl (C=O) groups excluding carboxylic acids is 1. The minimum atomic E-state index is -0.118. The smallest absolute Gasteiger partial charge is 0.244 e. The molecule has 2 rings (SSSR count). The van der Waals surface area contributed by atoms with Crippen LogP contribution < -0.4 is 10.1 Å². The number of benzene rings is 2. The van der Waals surface area contributed by atoms with Crippen molar-refractivity contribution in [2.45, 2.75) is 6.04 Å². The van der Waals surface area contributed by atoms with Crippen molar-refractivity contribution in [3.63, 3.8) is 0 Å². The van der Waals surface area contributed by atoms with E-state index >= 15 is 0 Å². The molecule has 4 nitrogen and oxygen atoms in total. The third kappa shape index (κ3) is 6.57. The van der Waals surface area contributed by atoms with Crippen molar-refractivity contribution in [2.75, 3.05) is 27.2 Å². The van der Waals surface area contributed by atoms with Crippen LogP contribution in [0.15, 0.2) is 73.3 Å². The molecule has 0 radical (unpaired) electrons. The fraction of sp³-hybridized carbons (Fsp3) is 0.227. The molecular formula is C22H26N2O2. The van der Waals surface area contributed by atoms with Gasteiger partial charge in [-0.1, -0.05) is 55.1 Å². The van der Waals surface area contributed by atoms with Crippen molar-refractivity contribution in [3.05, 3.63) is 84.5 Å². The summed E-state index contributed by atoms with van der Waals surface area (Å²) in [6.45, 7) is 4.83. The second-order valence-electron chi connectivity index (χ2n) is 6.24. The SMILES string of the molecule is C=CCOc1ccc(/C=C/C(=O)N[C@@H](CN(C)C)c2ccccc2)cc1. The summed E-state index contributed by atoms with van der Waals surface area (Å²) in [6, 6.07) is 17.5. The number of ether oxygens (including phenoxy) is 1. The largest absolute Gasteiger partial charge is 0.490 e. The van der Waals surface area contributed by atoms with E-state index in [9.17, 15) is 4.79 Å². The molecule has 0 aliphatic rings. The molecule has 136 valence electrons. The molecule has 0 bridgehead atoms. The van der Waals surface area contributed by atoms with E-state index in [0.29, 0.717) is 6.61 Å². The van der Waals surface area contributed by atoms with Gasteiger partial charge >= 0.3 is 0 Å². The van der Waals surface area contributed by atoms with E-state index < -0.39 is 0 Å². The molecule has 26 heavy (non-hydrogen) atoms. The third-order valence-corrected chi connectivity index (χ3v) is 3.74. The highest BCUT2D eigenvalue weighted by Crippen LogP contribution is 2.15. The summed E-state index contributed by atoms with van der Waals surface area (Å²) in [5.41, 5.74) is 2.03. The number of hydrogen-bond acceptors (Lipinski definition) is 3. The minimum Gasteiger partial charge on any atom is -0.490 e. The monoisotopic (exact) mass is 350 g/mol. The Balaban J connectivity index is 1.98. The van der Waals surface area contributed by atoms with Gasteiger partial charge in [0, 0.05) is 12.6 Å². The maximum atomic E-state index is 12.3. The average molecular weight is 350 g/mol. The van der Waals surface area contributed by atoms with Crippen LogP contribution >= 0.6 is 0 Å². The minimum absolute atomic E-state index is 0.0574. The van der Waals surface area contributed by atoms with E-state index in [1.54, 1.807) is 18.2 Å². The summed E-state index contributed by atoms with van der Waals surface area (Å²) >= 11 is 0. The number of nitrogens with zero attached hydrogens (tertiary/aromatic N) is 1. The number of rotatable bonds is 9. The van der Waals surface area contributed by atoms with Gasteiger partial charge in [0.1, 0.15) is 12.4 Å². The summed E-state index contributed by atoms with van der Waals surface area (Å²) in [5, 5.41) is 3.07. The highest BCUT2D eigenvalue weighted by molar-refractivity contribution is 5.92. The fourth-order valence-corrected chi connectivity index (χ4v) is 2.51. The number of carbonyl (C=O) groups is 1. The zero-order valence-electron chi connectivity index (χ0n) is 15.4. The van der Waals surface area contributed by atoms with Crippen molar-refractivity contribution >= 4 is 12.0 Å². The van der Waals surface area contributed by atoms with Gasteiger partial charge in [0.2, 0.25) is 5.91 Å². The number of amides is 1. The van der Waals surface area contributed by atoms with Crippen LogP contribution in [0, 0.1) is 0 Å². The van der Waals surface area contributed by atoms with Crippen molar-refractivity contribution in [2.24, 2.45) is 0 Å². The van der Waals surface area contributed by atoms with Crippen molar-refractivity contribution < 1.29 is 9.53 Å². The zero-order valence-corrected chi connectivity index (χ0v) is 15.4. The van der Waals surface area contributed by atoms with E-state index in [0.717, 1.165) is 23.4 Å². The molecule has 0 aliphatic carbocycles. The summed E-state index contributed by atoms with van der Waals surface area (Å²) in [4.78, 5) is 14.4. The molecule has 0 saturated carbocycles. The standard InChI is InChI=1S/C22H26N2O2/c1-4-16-26-20-13-10-18(11-14-20)12-15-22(25)23-21(17-24(2)3)19-8-6-5-7-9-19/h4-15,21H,1,16-17H2,2-3H3,(H,23,25)/b15-12+/t21-/m0/s1. The number of hydrogen-bond donors (Lipinski definition) is 1. The molecule has 0 aliphatic heterocycles. The highest BCUT2D eigenvalue weighted by atomic mass is 16.5. The fourth-order valence-electron chi connectivity index (χ4n) is 2.51. The summed E-state index contributed by atoms with van der Waals surface area (Å²) in [6.07, 6.45) is 5.06. The van der Waals surface area contributed by atoms with Crippen LogP contribution in [0.25, 0.3) is 6.08 Å². The molecule has 0 fully saturated rings. The van der Waals surface area contributed by atoms with E-state index in [-0.39, 0.29) is 11.9 Å². The molecule has 0 heterocycles. The normalized spacial score (nSPS) is 12.1. The Bertz CT molecular complexity index is 722. The molecule has 0 unspecified atom stereocenters. The molecule has 0 spiro atoms. The van der Waals surface area contributed by atoms with Crippen LogP contribution in [0.4, 0.5) is 0 Å². The van der Waals surface area contributed by atoms with Crippen LogP contribution in [0.2, 0.25) is 0 Å². The van der Waals surface area contributed by atoms with E-state index in [2.05, 4.69) is 16.8 Å². The Kier molecular flexibility index (Phi) is 7.65. The lowest BCUT2D eigenvalue weighted by Crippen LogP contribution is -2.34. The number of likely N-dealkylation sites (N-methyl/N-ethyl adjacent to an activating group) is 1. The predicted octanol–water partition coefficient (Wildman–Crippen LogP) is 3.68. The second-order valence-corrected chi connectivity index (χ2v) is 6.24. The van der Waals surface area contributed by atoms with Gasteiger partial charge in [0.05, 0.1) is 6.04 Å². The summed E-state index contributed by atoms with van der Waals surface area (Å²) < 4.78 is 5.45. The van der Waals surface area contributed by atoms with Gasteiger partial charge in [-0.25, -0.2) is 0 Å². The molecule has 0 aromatic heterocycles. The second kappa shape index (κ2) is 10.2. The molecular weight excluding hydrogens is 324 g/mol. The first kappa shape index (κ1) is 19.5. The molecule has 2 aromatic rings. The lowest BCUT2D eigenvalue weighted by Gasteiger charge is -2.22. The zero-order chi connectivity index (χ0) is 18.8. The van der Waals surface area contributed by atoms with Crippen LogP contribution in [0.1, 0.15) is 17.2 Å². The van der Waals surface area contributed by atoms with Crippen molar-refractivity contribution in [1.82, 2.24) is 10.2 Å². The Labute approximate surface area is 155 Å². The van der Waals surface area contributed by atoms with Crippen molar-refractivity contribution in [1.29, 1.82) is 0 Å². The van der Waals surface area contributed by atoms with E-state index in [1.807, 2.05) is 68.7 Å². The first-order valence-corrected chi connectivity index (χ1v) is 8.60. The van der Waals surface area contributed by atoms with Crippen LogP contribution in [0.5, 0.6) is 5.75 Å². The molecule has 2 aromatic carbocycles. The van der Waals surface area contributed by atoms with Gasteiger partial charge < -0.3 is 15.0 Å². The van der Waals surface area contributed by atoms with Gasteiger partial charge in [-0.05, 0) is 43.4 Å². The molecule has 1 amide bonds. The van der Waals surface area contributed by atoms with Gasteiger partial charge in [-0.15, -0.1) is 0 Å². The van der Waals surface area contributed by atoms with Gasteiger partial charge in [-0.2, -0.15) is 0 Å². The first-order valence-electron chi connectivity index (χ1n) is 8.60. The van der Waals surface area contributed by atoms with E-state index in [1.165, 1.54) is 0 Å². The molecule has 1 N–H and O–H groups in total. The first-order chi connectivity index (χ1) is 12.6. The van der Waals surface area contributed by atoms with Crippen LogP contribution in [-0.2, 0) is 4.79 Å². The Morgan fingerprint density at radius 1 is 1.15 bits per heavy atom. The highest BCUT2D eigenvalue weighted by Gasteiger charge is 2.13. The number of nitrogens with one attached hydrogen (secondary N) is 1. The van der Waals surface area contributed by atoms with E-state index in [4.69, 9.17) is 4.74 Å². The van der Waals surface area contributed by atoms with Gasteiger partial charge in [0.25, 0.3) is 0 Å². The maximum absolute atomic E-state index is 12.3. The summed E-state index contributed by atoms with van der Waals surface area (Å²) in [7, 11) is 3.99. The molecule has 1 atom stereocenters. The van der Waals surface area contributed by atoms with Gasteiger partial charge in [0.15, 0.2) is 0 Å². The third-order valence-electron chi connectivity index (χ3n) is 3.74. The Morgan fingerprint density at radius 2 is 1.85 bits per heavy atom. The maximum Gasteiger partial charge on any atom is 0.244 e. The van der Waals surface area contributed by atoms with Gasteiger partial charge in [-0.3, -0.25) is 4.79 Å². The molecule has 4 heteroatoms. The Morgan fingerprint density at radius 3 is 2.46 bits per heavy atom. The molecule has 0 saturated heterocycles. The van der Waals surface area contributed by atoms with Crippen LogP contribution in [0.3, 0.4) is 0 Å². The van der Waals surface area contributed by atoms with Crippen molar-refractivity contribution in [3.8, 4) is 5.75 Å².